The Kier molecular flexibility index (Phi) is 5.59. The molecule has 0 spiro atoms. The summed E-state index contributed by atoms with van der Waals surface area (Å²) in [5, 5.41) is 6.11. The monoisotopic (exact) mass is 349 g/mol. The van der Waals surface area contributed by atoms with Gasteiger partial charge in [0.2, 0.25) is 0 Å². The average molecular weight is 349 g/mol. The molecule has 2 aromatic carbocycles. The maximum absolute atomic E-state index is 12.9. The van der Waals surface area contributed by atoms with Gasteiger partial charge in [-0.15, -0.1) is 0 Å². The van der Waals surface area contributed by atoms with Crippen molar-refractivity contribution in [3.8, 4) is 0 Å². The van der Waals surface area contributed by atoms with Crippen molar-refractivity contribution in [1.82, 2.24) is 10.3 Å². The van der Waals surface area contributed by atoms with E-state index in [1.54, 1.807) is 24.4 Å². The molecule has 3 aromatic rings. The van der Waals surface area contributed by atoms with Crippen molar-refractivity contribution >= 4 is 17.3 Å². The number of hydrogen-bond acceptors (Lipinski definition) is 3. The molecule has 0 saturated carbocycles. The topological polar surface area (TPSA) is 54.0 Å². The molecule has 1 amide bonds. The lowest BCUT2D eigenvalue weighted by Gasteiger charge is -2.09. The Morgan fingerprint density at radius 3 is 2.50 bits per heavy atom. The first-order chi connectivity index (χ1) is 12.6. The van der Waals surface area contributed by atoms with Gasteiger partial charge in [-0.05, 0) is 54.8 Å². The first-order valence-corrected chi connectivity index (χ1v) is 8.43. The standard InChI is InChI=1S/C21H20FN3O/c1-15-4-2-3-5-19(15)25-18-10-11-20(24-14-18)21(26)23-13-12-16-6-8-17(22)9-7-16/h2-11,14,25H,12-13H2,1H3,(H,23,26). The minimum atomic E-state index is -0.263. The van der Waals surface area contributed by atoms with Crippen LogP contribution in [0, 0.1) is 12.7 Å². The molecule has 26 heavy (non-hydrogen) atoms. The molecule has 0 unspecified atom stereocenters. The van der Waals surface area contributed by atoms with Crippen LogP contribution in [0.1, 0.15) is 21.6 Å². The van der Waals surface area contributed by atoms with Crippen molar-refractivity contribution < 1.29 is 9.18 Å². The number of carbonyl (C=O) groups excluding carboxylic acids is 1. The second kappa shape index (κ2) is 8.25. The van der Waals surface area contributed by atoms with Gasteiger partial charge < -0.3 is 10.6 Å². The van der Waals surface area contributed by atoms with Crippen molar-refractivity contribution in [3.63, 3.8) is 0 Å². The van der Waals surface area contributed by atoms with Crippen LogP contribution in [0.15, 0.2) is 66.9 Å². The van der Waals surface area contributed by atoms with Gasteiger partial charge in [0.25, 0.3) is 5.91 Å². The van der Waals surface area contributed by atoms with Crippen LogP contribution in [0.3, 0.4) is 0 Å². The fraction of sp³-hybridized carbons (Fsp3) is 0.143. The van der Waals surface area contributed by atoms with Gasteiger partial charge >= 0.3 is 0 Å². The summed E-state index contributed by atoms with van der Waals surface area (Å²) in [5.74, 6) is -0.490. The van der Waals surface area contributed by atoms with Crippen molar-refractivity contribution in [2.45, 2.75) is 13.3 Å². The Hall–Kier alpha value is -3.21. The van der Waals surface area contributed by atoms with E-state index in [-0.39, 0.29) is 11.7 Å². The first-order valence-electron chi connectivity index (χ1n) is 8.43. The van der Waals surface area contributed by atoms with E-state index in [0.717, 1.165) is 22.5 Å². The van der Waals surface area contributed by atoms with Crippen LogP contribution in [0.4, 0.5) is 15.8 Å². The number of nitrogens with one attached hydrogen (secondary N) is 2. The smallest absolute Gasteiger partial charge is 0.269 e. The Balaban J connectivity index is 1.53. The third-order valence-electron chi connectivity index (χ3n) is 4.03. The number of rotatable bonds is 6. The maximum atomic E-state index is 12.9. The average Bonchev–Trinajstić information content (AvgIpc) is 2.66. The summed E-state index contributed by atoms with van der Waals surface area (Å²) in [6.07, 6.45) is 2.28. The fourth-order valence-electron chi connectivity index (χ4n) is 2.53. The summed E-state index contributed by atoms with van der Waals surface area (Å²) in [7, 11) is 0. The number of carbonyl (C=O) groups is 1. The van der Waals surface area contributed by atoms with E-state index in [1.165, 1.54) is 12.1 Å². The third kappa shape index (κ3) is 4.66. The van der Waals surface area contributed by atoms with Gasteiger partial charge in [-0.3, -0.25) is 4.79 Å². The van der Waals surface area contributed by atoms with Crippen molar-refractivity contribution in [2.24, 2.45) is 0 Å². The molecule has 0 aliphatic heterocycles. The van der Waals surface area contributed by atoms with Gasteiger partial charge in [0, 0.05) is 12.2 Å². The molecule has 0 radical (unpaired) electrons. The minimum absolute atomic E-state index is 0.227. The van der Waals surface area contributed by atoms with E-state index in [4.69, 9.17) is 0 Å². The largest absolute Gasteiger partial charge is 0.354 e. The van der Waals surface area contributed by atoms with Crippen LogP contribution in [0.2, 0.25) is 0 Å². The Labute approximate surface area is 152 Å². The predicted molar refractivity (Wildman–Crippen MR) is 101 cm³/mol. The number of aryl methyl sites for hydroxylation is 1. The molecule has 1 heterocycles. The van der Waals surface area contributed by atoms with Gasteiger partial charge in [0.1, 0.15) is 11.5 Å². The van der Waals surface area contributed by atoms with Crippen LogP contribution in [0.5, 0.6) is 0 Å². The molecule has 0 atom stereocenters. The van der Waals surface area contributed by atoms with E-state index in [9.17, 15) is 9.18 Å². The second-order valence-corrected chi connectivity index (χ2v) is 6.00. The van der Waals surface area contributed by atoms with E-state index in [1.807, 2.05) is 37.3 Å². The van der Waals surface area contributed by atoms with Gasteiger partial charge in [0.05, 0.1) is 11.9 Å². The summed E-state index contributed by atoms with van der Waals surface area (Å²) in [6.45, 7) is 2.49. The van der Waals surface area contributed by atoms with E-state index >= 15 is 0 Å². The van der Waals surface area contributed by atoms with Crippen molar-refractivity contribution in [1.29, 1.82) is 0 Å². The normalized spacial score (nSPS) is 10.4. The highest BCUT2D eigenvalue weighted by Gasteiger charge is 2.07. The molecule has 132 valence electrons. The summed E-state index contributed by atoms with van der Waals surface area (Å²) >= 11 is 0. The van der Waals surface area contributed by atoms with E-state index in [0.29, 0.717) is 18.7 Å². The lowest BCUT2D eigenvalue weighted by molar-refractivity contribution is 0.0949. The van der Waals surface area contributed by atoms with Gasteiger partial charge in [-0.1, -0.05) is 30.3 Å². The minimum Gasteiger partial charge on any atom is -0.354 e. The zero-order valence-corrected chi connectivity index (χ0v) is 14.5. The zero-order chi connectivity index (χ0) is 18.4. The molecule has 0 aliphatic carbocycles. The highest BCUT2D eigenvalue weighted by Crippen LogP contribution is 2.19. The molecular weight excluding hydrogens is 329 g/mol. The third-order valence-corrected chi connectivity index (χ3v) is 4.03. The molecule has 0 bridgehead atoms. The Morgan fingerprint density at radius 1 is 1.04 bits per heavy atom. The number of nitrogens with zero attached hydrogens (tertiary/aromatic N) is 1. The molecule has 3 rings (SSSR count). The summed E-state index contributed by atoms with van der Waals surface area (Å²) in [4.78, 5) is 16.4. The quantitative estimate of drug-likeness (QED) is 0.700. The van der Waals surface area contributed by atoms with Crippen LogP contribution in [-0.2, 0) is 6.42 Å². The number of amides is 1. The molecule has 0 aliphatic rings. The molecule has 4 nitrogen and oxygen atoms in total. The first kappa shape index (κ1) is 17.6. The van der Waals surface area contributed by atoms with E-state index in [2.05, 4.69) is 15.6 Å². The summed E-state index contributed by atoms with van der Waals surface area (Å²) < 4.78 is 12.9. The Bertz CT molecular complexity index is 877. The number of aromatic nitrogens is 1. The number of para-hydroxylation sites is 1. The number of pyridine rings is 1. The molecular formula is C21H20FN3O. The lowest BCUT2D eigenvalue weighted by Crippen LogP contribution is -2.26. The zero-order valence-electron chi connectivity index (χ0n) is 14.5. The number of anilines is 2. The van der Waals surface area contributed by atoms with E-state index < -0.39 is 0 Å². The number of benzene rings is 2. The van der Waals surface area contributed by atoms with Crippen molar-refractivity contribution in [2.75, 3.05) is 11.9 Å². The van der Waals surface area contributed by atoms with Gasteiger partial charge in [-0.25, -0.2) is 9.37 Å². The summed E-state index contributed by atoms with van der Waals surface area (Å²) in [6, 6.07) is 17.7. The number of hydrogen-bond donors (Lipinski definition) is 2. The summed E-state index contributed by atoms with van der Waals surface area (Å²) in [5.41, 5.74) is 4.29. The highest BCUT2D eigenvalue weighted by molar-refractivity contribution is 5.92. The molecule has 1 aromatic heterocycles. The van der Waals surface area contributed by atoms with Crippen molar-refractivity contribution in [3.05, 3.63) is 89.5 Å². The second-order valence-electron chi connectivity index (χ2n) is 6.00. The predicted octanol–water partition coefficient (Wildman–Crippen LogP) is 4.25. The van der Waals surface area contributed by atoms with Crippen LogP contribution < -0.4 is 10.6 Å². The van der Waals surface area contributed by atoms with Crippen LogP contribution in [0.25, 0.3) is 0 Å². The highest BCUT2D eigenvalue weighted by atomic mass is 19.1. The number of halogens is 1. The fourth-order valence-corrected chi connectivity index (χ4v) is 2.53. The SMILES string of the molecule is Cc1ccccc1Nc1ccc(C(=O)NCCc2ccc(F)cc2)nc1. The lowest BCUT2D eigenvalue weighted by atomic mass is 10.1. The maximum Gasteiger partial charge on any atom is 0.269 e. The van der Waals surface area contributed by atoms with Gasteiger partial charge in [-0.2, -0.15) is 0 Å². The molecule has 2 N–H and O–H groups in total. The van der Waals surface area contributed by atoms with Crippen LogP contribution >= 0.6 is 0 Å². The molecule has 0 fully saturated rings. The van der Waals surface area contributed by atoms with Gasteiger partial charge in [0.15, 0.2) is 0 Å². The Morgan fingerprint density at radius 2 is 1.81 bits per heavy atom. The molecule has 0 saturated heterocycles. The van der Waals surface area contributed by atoms with Crippen LogP contribution in [-0.4, -0.2) is 17.4 Å². The molecule has 5 heteroatoms.